The third kappa shape index (κ3) is 5.42. The number of nitrogens with two attached hydrogens (primary N) is 1. The van der Waals surface area contributed by atoms with Crippen LogP contribution in [0.1, 0.15) is 25.8 Å². The van der Waals surface area contributed by atoms with E-state index < -0.39 is 12.1 Å². The molecule has 1 rings (SSSR count). The first-order valence-corrected chi connectivity index (χ1v) is 6.32. The number of benzene rings is 1. The van der Waals surface area contributed by atoms with E-state index >= 15 is 0 Å². The molecule has 1 aromatic rings. The van der Waals surface area contributed by atoms with E-state index in [0.717, 1.165) is 5.56 Å². The SMILES string of the molecule is Cc1ccc(NC(=O)[C@H](CC(C)C)NC(N)=O)cc1. The number of urea groups is 1. The Morgan fingerprint density at radius 2 is 1.79 bits per heavy atom. The Hall–Kier alpha value is -2.04. The summed E-state index contributed by atoms with van der Waals surface area (Å²) in [5.41, 5.74) is 6.91. The molecule has 0 radical (unpaired) electrons. The van der Waals surface area contributed by atoms with Crippen molar-refractivity contribution in [2.24, 2.45) is 11.7 Å². The van der Waals surface area contributed by atoms with Crippen LogP contribution >= 0.6 is 0 Å². The van der Waals surface area contributed by atoms with Crippen LogP contribution in [-0.2, 0) is 4.79 Å². The highest BCUT2D eigenvalue weighted by molar-refractivity contribution is 5.96. The molecule has 0 unspecified atom stereocenters. The second-order valence-corrected chi connectivity index (χ2v) is 5.05. The minimum Gasteiger partial charge on any atom is -0.352 e. The lowest BCUT2D eigenvalue weighted by molar-refractivity contribution is -0.118. The van der Waals surface area contributed by atoms with Gasteiger partial charge in [-0.15, -0.1) is 0 Å². The van der Waals surface area contributed by atoms with Crippen LogP contribution in [0.2, 0.25) is 0 Å². The second-order valence-electron chi connectivity index (χ2n) is 5.05. The summed E-state index contributed by atoms with van der Waals surface area (Å²) in [6.07, 6.45) is 0.542. The topological polar surface area (TPSA) is 84.2 Å². The van der Waals surface area contributed by atoms with Gasteiger partial charge in [-0.05, 0) is 31.4 Å². The average molecular weight is 263 g/mol. The fourth-order valence-electron chi connectivity index (χ4n) is 1.74. The van der Waals surface area contributed by atoms with Gasteiger partial charge in [-0.2, -0.15) is 0 Å². The molecule has 4 N–H and O–H groups in total. The molecule has 0 aliphatic heterocycles. The van der Waals surface area contributed by atoms with Crippen molar-refractivity contribution < 1.29 is 9.59 Å². The van der Waals surface area contributed by atoms with E-state index in [1.165, 1.54) is 0 Å². The first-order chi connectivity index (χ1) is 8.88. The zero-order chi connectivity index (χ0) is 14.4. The molecule has 1 atom stereocenters. The van der Waals surface area contributed by atoms with Crippen molar-refractivity contribution in [3.05, 3.63) is 29.8 Å². The first kappa shape index (κ1) is 15.0. The molecule has 5 nitrogen and oxygen atoms in total. The molecule has 5 heteroatoms. The fourth-order valence-corrected chi connectivity index (χ4v) is 1.74. The van der Waals surface area contributed by atoms with E-state index in [2.05, 4.69) is 10.6 Å². The van der Waals surface area contributed by atoms with Crippen molar-refractivity contribution in [1.82, 2.24) is 5.32 Å². The molecule has 0 fully saturated rings. The molecule has 0 saturated carbocycles. The minimum atomic E-state index is -0.690. The zero-order valence-corrected chi connectivity index (χ0v) is 11.6. The van der Waals surface area contributed by atoms with Crippen LogP contribution < -0.4 is 16.4 Å². The van der Waals surface area contributed by atoms with E-state index in [0.29, 0.717) is 12.1 Å². The number of hydrogen-bond donors (Lipinski definition) is 3. The van der Waals surface area contributed by atoms with E-state index in [-0.39, 0.29) is 11.8 Å². The van der Waals surface area contributed by atoms with Crippen LogP contribution in [0.5, 0.6) is 0 Å². The maximum atomic E-state index is 12.1. The highest BCUT2D eigenvalue weighted by atomic mass is 16.2. The number of anilines is 1. The number of primary amides is 1. The lowest BCUT2D eigenvalue weighted by Gasteiger charge is -2.19. The minimum absolute atomic E-state index is 0.253. The number of amides is 3. The molecule has 0 aromatic heterocycles. The molecule has 0 heterocycles. The number of carbonyl (C=O) groups excluding carboxylic acids is 2. The highest BCUT2D eigenvalue weighted by Crippen LogP contribution is 2.11. The van der Waals surface area contributed by atoms with Gasteiger partial charge in [0.25, 0.3) is 0 Å². The summed E-state index contributed by atoms with van der Waals surface area (Å²) in [7, 11) is 0. The van der Waals surface area contributed by atoms with Crippen LogP contribution in [0.25, 0.3) is 0 Å². The predicted molar refractivity (Wildman–Crippen MR) is 75.8 cm³/mol. The van der Waals surface area contributed by atoms with E-state index in [4.69, 9.17) is 5.73 Å². The fraction of sp³-hybridized carbons (Fsp3) is 0.429. The third-order valence-electron chi connectivity index (χ3n) is 2.66. The van der Waals surface area contributed by atoms with E-state index in [9.17, 15) is 9.59 Å². The molecule has 0 spiro atoms. The largest absolute Gasteiger partial charge is 0.352 e. The van der Waals surface area contributed by atoms with Gasteiger partial charge in [-0.25, -0.2) is 4.79 Å². The molecule has 104 valence electrons. The number of rotatable bonds is 5. The Bertz CT molecular complexity index is 441. The van der Waals surface area contributed by atoms with Gasteiger partial charge in [0.1, 0.15) is 6.04 Å². The van der Waals surface area contributed by atoms with E-state index in [1.54, 1.807) is 0 Å². The standard InChI is InChI=1S/C14H21N3O2/c1-9(2)8-12(17-14(15)19)13(18)16-11-6-4-10(3)5-7-11/h4-7,9,12H,8H2,1-3H3,(H,16,18)(H3,15,17,19)/t12-/m0/s1. The summed E-state index contributed by atoms with van der Waals surface area (Å²) in [5.74, 6) is 0.0250. The molecular formula is C14H21N3O2. The number of aryl methyl sites for hydroxylation is 1. The third-order valence-corrected chi connectivity index (χ3v) is 2.66. The smallest absolute Gasteiger partial charge is 0.312 e. The molecule has 0 saturated heterocycles. The van der Waals surface area contributed by atoms with Gasteiger partial charge in [0.2, 0.25) is 5.91 Å². The Balaban J connectivity index is 2.70. The maximum absolute atomic E-state index is 12.1. The summed E-state index contributed by atoms with van der Waals surface area (Å²) in [4.78, 5) is 23.0. The number of nitrogens with one attached hydrogen (secondary N) is 2. The van der Waals surface area contributed by atoms with Gasteiger partial charge in [-0.3, -0.25) is 4.79 Å². The Morgan fingerprint density at radius 3 is 2.26 bits per heavy atom. The summed E-state index contributed by atoms with van der Waals surface area (Å²) in [6.45, 7) is 5.94. The van der Waals surface area contributed by atoms with Gasteiger partial charge >= 0.3 is 6.03 Å². The lowest BCUT2D eigenvalue weighted by Crippen LogP contribution is -2.46. The molecule has 0 aliphatic carbocycles. The number of hydrogen-bond acceptors (Lipinski definition) is 2. The van der Waals surface area contributed by atoms with Gasteiger partial charge in [0.05, 0.1) is 0 Å². The second kappa shape index (κ2) is 6.78. The summed E-state index contributed by atoms with van der Waals surface area (Å²) < 4.78 is 0. The zero-order valence-electron chi connectivity index (χ0n) is 11.6. The highest BCUT2D eigenvalue weighted by Gasteiger charge is 2.20. The molecule has 0 aliphatic rings. The first-order valence-electron chi connectivity index (χ1n) is 6.32. The van der Waals surface area contributed by atoms with Crippen LogP contribution in [0.3, 0.4) is 0 Å². The molecule has 19 heavy (non-hydrogen) atoms. The molecule has 1 aromatic carbocycles. The Labute approximate surface area is 113 Å². The van der Waals surface area contributed by atoms with Crippen molar-refractivity contribution >= 4 is 17.6 Å². The Morgan fingerprint density at radius 1 is 1.21 bits per heavy atom. The summed E-state index contributed by atoms with van der Waals surface area (Å²) >= 11 is 0. The normalized spacial score (nSPS) is 12.0. The molecule has 3 amide bonds. The molecular weight excluding hydrogens is 242 g/mol. The lowest BCUT2D eigenvalue weighted by atomic mass is 10.0. The summed E-state index contributed by atoms with van der Waals surface area (Å²) in [5, 5.41) is 5.24. The van der Waals surface area contributed by atoms with Crippen molar-refractivity contribution in [2.45, 2.75) is 33.2 Å². The van der Waals surface area contributed by atoms with Crippen molar-refractivity contribution in [3.8, 4) is 0 Å². The van der Waals surface area contributed by atoms with Gasteiger partial charge < -0.3 is 16.4 Å². The van der Waals surface area contributed by atoms with Crippen LogP contribution in [0.4, 0.5) is 10.5 Å². The summed E-state index contributed by atoms with van der Waals surface area (Å²) in [6, 6.07) is 6.17. The van der Waals surface area contributed by atoms with Crippen LogP contribution in [-0.4, -0.2) is 18.0 Å². The van der Waals surface area contributed by atoms with Crippen molar-refractivity contribution in [1.29, 1.82) is 0 Å². The Kier molecular flexibility index (Phi) is 5.36. The van der Waals surface area contributed by atoms with Gasteiger partial charge in [0.15, 0.2) is 0 Å². The van der Waals surface area contributed by atoms with Crippen molar-refractivity contribution in [3.63, 3.8) is 0 Å². The maximum Gasteiger partial charge on any atom is 0.312 e. The quantitative estimate of drug-likeness (QED) is 0.759. The van der Waals surface area contributed by atoms with Crippen LogP contribution in [0, 0.1) is 12.8 Å². The van der Waals surface area contributed by atoms with Gasteiger partial charge in [0, 0.05) is 5.69 Å². The van der Waals surface area contributed by atoms with E-state index in [1.807, 2.05) is 45.0 Å². The monoisotopic (exact) mass is 263 g/mol. The number of carbonyl (C=O) groups is 2. The molecule has 0 bridgehead atoms. The average Bonchev–Trinajstić information content (AvgIpc) is 2.30. The van der Waals surface area contributed by atoms with Crippen LogP contribution in [0.15, 0.2) is 24.3 Å². The predicted octanol–water partition coefficient (Wildman–Crippen LogP) is 2.02. The van der Waals surface area contributed by atoms with Crippen molar-refractivity contribution in [2.75, 3.05) is 5.32 Å². The van der Waals surface area contributed by atoms with Gasteiger partial charge in [-0.1, -0.05) is 31.5 Å².